The number of carbonyl (C=O) groups excluding carboxylic acids is 2. The summed E-state index contributed by atoms with van der Waals surface area (Å²) in [4.78, 5) is 32.5. The Balaban J connectivity index is 3.64. The summed E-state index contributed by atoms with van der Waals surface area (Å²) in [5, 5.41) is 10.6. The van der Waals surface area contributed by atoms with Gasteiger partial charge in [-0.1, -0.05) is 0 Å². The number of hydrogen-bond donors (Lipinski definition) is 2. The molecule has 0 aliphatic carbocycles. The van der Waals surface area contributed by atoms with Crippen LogP contribution in [0.15, 0.2) is 0 Å². The number of carboxylic acids is 1. The van der Waals surface area contributed by atoms with Crippen LogP contribution < -0.4 is 5.32 Å². The van der Waals surface area contributed by atoms with E-state index in [4.69, 9.17) is 14.6 Å². The number of rotatable bonds is 6. The largest absolute Gasteiger partial charge is 0.481 e. The van der Waals surface area contributed by atoms with Crippen LogP contribution in [-0.2, 0) is 19.1 Å². The Labute approximate surface area is 105 Å². The molecule has 0 saturated carbocycles. The molecule has 0 aliphatic rings. The molecule has 104 valence electrons. The predicted molar refractivity (Wildman–Crippen MR) is 62.1 cm³/mol. The molecule has 0 aliphatic heterocycles. The molecular weight excluding hydrogens is 242 g/mol. The molecule has 0 saturated heterocycles. The zero-order valence-electron chi connectivity index (χ0n) is 10.8. The first-order valence-corrected chi connectivity index (χ1v) is 5.55. The summed E-state index contributed by atoms with van der Waals surface area (Å²) in [6.07, 6.45) is -0.523. The molecule has 0 bridgehead atoms. The minimum atomic E-state index is -0.946. The molecule has 0 rings (SSSR count). The van der Waals surface area contributed by atoms with E-state index in [9.17, 15) is 14.4 Å². The number of amides is 1. The second kappa shape index (κ2) is 7.52. The lowest BCUT2D eigenvalue weighted by Gasteiger charge is -2.19. The van der Waals surface area contributed by atoms with Crippen LogP contribution >= 0.6 is 0 Å². The highest BCUT2D eigenvalue weighted by atomic mass is 16.6. The van der Waals surface area contributed by atoms with Gasteiger partial charge in [-0.25, -0.2) is 4.79 Å². The van der Waals surface area contributed by atoms with Gasteiger partial charge in [-0.3, -0.25) is 9.59 Å². The molecule has 0 spiro atoms. The summed E-state index contributed by atoms with van der Waals surface area (Å²) < 4.78 is 9.61. The standard InChI is InChI=1S/C11H19NO6/c1-11(2,3)18-10(16)12-7-9(15)17-6-4-5-8(13)14/h4-7H2,1-3H3,(H,12,16)(H,13,14). The van der Waals surface area contributed by atoms with Crippen LogP contribution in [0.5, 0.6) is 0 Å². The van der Waals surface area contributed by atoms with E-state index in [-0.39, 0.29) is 26.0 Å². The first kappa shape index (κ1) is 16.2. The van der Waals surface area contributed by atoms with Gasteiger partial charge in [0.1, 0.15) is 12.1 Å². The lowest BCUT2D eigenvalue weighted by Crippen LogP contribution is -2.36. The van der Waals surface area contributed by atoms with Gasteiger partial charge in [0.2, 0.25) is 0 Å². The first-order valence-electron chi connectivity index (χ1n) is 5.55. The van der Waals surface area contributed by atoms with Crippen LogP contribution in [0.2, 0.25) is 0 Å². The summed E-state index contributed by atoms with van der Waals surface area (Å²) in [5.74, 6) is -1.58. The van der Waals surface area contributed by atoms with Gasteiger partial charge in [-0.2, -0.15) is 0 Å². The summed E-state index contributed by atoms with van der Waals surface area (Å²) in [5.41, 5.74) is -0.629. The van der Waals surface area contributed by atoms with Crippen LogP contribution in [0.3, 0.4) is 0 Å². The van der Waals surface area contributed by atoms with Gasteiger partial charge < -0.3 is 19.9 Å². The predicted octanol–water partition coefficient (Wildman–Crippen LogP) is 0.919. The molecule has 0 fully saturated rings. The Morgan fingerprint density at radius 3 is 2.33 bits per heavy atom. The van der Waals surface area contributed by atoms with E-state index in [1.165, 1.54) is 0 Å². The van der Waals surface area contributed by atoms with Crippen molar-refractivity contribution in [1.82, 2.24) is 5.32 Å². The van der Waals surface area contributed by atoms with Gasteiger partial charge in [0.05, 0.1) is 6.61 Å². The molecule has 1 amide bonds. The number of carboxylic acid groups (broad SMARTS) is 1. The van der Waals surface area contributed by atoms with Gasteiger partial charge in [0, 0.05) is 6.42 Å². The van der Waals surface area contributed by atoms with Crippen molar-refractivity contribution in [2.45, 2.75) is 39.2 Å². The number of carbonyl (C=O) groups is 3. The Morgan fingerprint density at radius 1 is 1.22 bits per heavy atom. The average molecular weight is 261 g/mol. The van der Waals surface area contributed by atoms with Gasteiger partial charge in [0.15, 0.2) is 0 Å². The van der Waals surface area contributed by atoms with Crippen molar-refractivity contribution in [2.24, 2.45) is 0 Å². The third-order valence-electron chi connectivity index (χ3n) is 1.57. The van der Waals surface area contributed by atoms with Gasteiger partial charge in [0.25, 0.3) is 0 Å². The Kier molecular flexibility index (Phi) is 6.77. The van der Waals surface area contributed by atoms with Gasteiger partial charge in [-0.15, -0.1) is 0 Å². The summed E-state index contributed by atoms with van der Waals surface area (Å²) in [6, 6.07) is 0. The van der Waals surface area contributed by atoms with Crippen molar-refractivity contribution < 1.29 is 29.0 Å². The lowest BCUT2D eigenvalue weighted by molar-refractivity contribution is -0.144. The number of alkyl carbamates (subject to hydrolysis) is 1. The summed E-state index contributed by atoms with van der Waals surface area (Å²) in [7, 11) is 0. The third kappa shape index (κ3) is 10.7. The summed E-state index contributed by atoms with van der Waals surface area (Å²) in [6.45, 7) is 4.83. The molecule has 0 unspecified atom stereocenters. The summed E-state index contributed by atoms with van der Waals surface area (Å²) >= 11 is 0. The van der Waals surface area contributed by atoms with Gasteiger partial charge >= 0.3 is 18.0 Å². The smallest absolute Gasteiger partial charge is 0.408 e. The van der Waals surface area contributed by atoms with Crippen molar-refractivity contribution in [1.29, 1.82) is 0 Å². The molecule has 0 aromatic carbocycles. The highest BCUT2D eigenvalue weighted by Gasteiger charge is 2.16. The number of aliphatic carboxylic acids is 1. The van der Waals surface area contributed by atoms with E-state index in [1.54, 1.807) is 20.8 Å². The van der Waals surface area contributed by atoms with Crippen LogP contribution in [0, 0.1) is 0 Å². The second-order valence-corrected chi connectivity index (χ2v) is 4.57. The van der Waals surface area contributed by atoms with E-state index < -0.39 is 23.6 Å². The van der Waals surface area contributed by atoms with Crippen molar-refractivity contribution in [3.05, 3.63) is 0 Å². The first-order chi connectivity index (χ1) is 8.20. The monoisotopic (exact) mass is 261 g/mol. The van der Waals surface area contributed by atoms with E-state index >= 15 is 0 Å². The van der Waals surface area contributed by atoms with Crippen molar-refractivity contribution >= 4 is 18.0 Å². The van der Waals surface area contributed by atoms with E-state index in [0.717, 1.165) is 0 Å². The maximum absolute atomic E-state index is 11.2. The van der Waals surface area contributed by atoms with Crippen LogP contribution in [-0.4, -0.2) is 41.9 Å². The SMILES string of the molecule is CC(C)(C)OC(=O)NCC(=O)OCCCC(=O)O. The van der Waals surface area contributed by atoms with E-state index in [1.807, 2.05) is 0 Å². The van der Waals surface area contributed by atoms with Crippen molar-refractivity contribution in [2.75, 3.05) is 13.2 Å². The molecule has 7 nitrogen and oxygen atoms in total. The molecule has 2 N–H and O–H groups in total. The van der Waals surface area contributed by atoms with Crippen LogP contribution in [0.4, 0.5) is 4.79 Å². The average Bonchev–Trinajstić information content (AvgIpc) is 2.19. The molecule has 0 radical (unpaired) electrons. The highest BCUT2D eigenvalue weighted by molar-refractivity contribution is 5.78. The molecule has 0 aromatic rings. The zero-order valence-corrected chi connectivity index (χ0v) is 10.8. The minimum Gasteiger partial charge on any atom is -0.481 e. The molecule has 18 heavy (non-hydrogen) atoms. The molecular formula is C11H19NO6. The molecule has 7 heteroatoms. The van der Waals surface area contributed by atoms with E-state index in [2.05, 4.69) is 5.32 Å². The van der Waals surface area contributed by atoms with Crippen LogP contribution in [0.1, 0.15) is 33.6 Å². The molecule has 0 heterocycles. The molecule has 0 aromatic heterocycles. The van der Waals surface area contributed by atoms with Crippen LogP contribution in [0.25, 0.3) is 0 Å². The highest BCUT2D eigenvalue weighted by Crippen LogP contribution is 2.06. The minimum absolute atomic E-state index is 0.0150. The second-order valence-electron chi connectivity index (χ2n) is 4.57. The number of hydrogen-bond acceptors (Lipinski definition) is 5. The third-order valence-corrected chi connectivity index (χ3v) is 1.57. The lowest BCUT2D eigenvalue weighted by atomic mass is 10.2. The Bertz CT molecular complexity index is 307. The normalized spacial score (nSPS) is 10.6. The molecule has 0 atom stereocenters. The van der Waals surface area contributed by atoms with Crippen molar-refractivity contribution in [3.8, 4) is 0 Å². The Morgan fingerprint density at radius 2 is 1.83 bits per heavy atom. The number of esters is 1. The maximum Gasteiger partial charge on any atom is 0.408 e. The number of ether oxygens (including phenoxy) is 2. The Hall–Kier alpha value is -1.79. The van der Waals surface area contributed by atoms with Crippen molar-refractivity contribution in [3.63, 3.8) is 0 Å². The maximum atomic E-state index is 11.2. The quantitative estimate of drug-likeness (QED) is 0.544. The topological polar surface area (TPSA) is 102 Å². The zero-order chi connectivity index (χ0) is 14.2. The number of nitrogens with one attached hydrogen (secondary N) is 1. The van der Waals surface area contributed by atoms with Gasteiger partial charge in [-0.05, 0) is 27.2 Å². The fourth-order valence-corrected chi connectivity index (χ4v) is 0.919. The van der Waals surface area contributed by atoms with E-state index in [0.29, 0.717) is 0 Å². The fraction of sp³-hybridized carbons (Fsp3) is 0.727. The fourth-order valence-electron chi connectivity index (χ4n) is 0.919.